The Morgan fingerprint density at radius 2 is 1.90 bits per heavy atom. The minimum atomic E-state index is -0.352. The first-order chi connectivity index (χ1) is 9.99. The molecule has 0 spiro atoms. The molecule has 0 saturated heterocycles. The summed E-state index contributed by atoms with van der Waals surface area (Å²) in [6, 6.07) is 10.8. The zero-order valence-corrected chi connectivity index (χ0v) is 12.8. The molecule has 3 heteroatoms. The summed E-state index contributed by atoms with van der Waals surface area (Å²) in [6.07, 6.45) is 1.80. The molecule has 1 atom stereocenters. The van der Waals surface area contributed by atoms with E-state index in [1.807, 2.05) is 32.0 Å². The molecule has 0 saturated carbocycles. The standard InChI is InChI=1S/C18H22FNO/c1-4-15(20)11-14-6-7-16(10-13(14)3)21-18-9-12(2)5-8-17(18)19/h5-10,15H,4,11,20H2,1-3H3. The largest absolute Gasteiger partial charge is 0.454 e. The molecule has 2 N–H and O–H groups in total. The number of rotatable bonds is 5. The van der Waals surface area contributed by atoms with Gasteiger partial charge >= 0.3 is 0 Å². The van der Waals surface area contributed by atoms with Crippen LogP contribution in [-0.4, -0.2) is 6.04 Å². The summed E-state index contributed by atoms with van der Waals surface area (Å²) in [7, 11) is 0. The van der Waals surface area contributed by atoms with Crippen molar-refractivity contribution in [3.05, 3.63) is 58.9 Å². The van der Waals surface area contributed by atoms with Crippen LogP contribution < -0.4 is 10.5 Å². The van der Waals surface area contributed by atoms with Gasteiger partial charge in [0.25, 0.3) is 0 Å². The summed E-state index contributed by atoms with van der Waals surface area (Å²) < 4.78 is 19.4. The smallest absolute Gasteiger partial charge is 0.165 e. The van der Waals surface area contributed by atoms with E-state index in [-0.39, 0.29) is 17.6 Å². The molecule has 0 heterocycles. The Bertz CT molecular complexity index is 625. The minimum Gasteiger partial charge on any atom is -0.454 e. The summed E-state index contributed by atoms with van der Waals surface area (Å²) in [4.78, 5) is 0. The predicted octanol–water partition coefficient (Wildman–Crippen LogP) is 4.51. The van der Waals surface area contributed by atoms with Gasteiger partial charge in [0.2, 0.25) is 0 Å². The first-order valence-electron chi connectivity index (χ1n) is 7.28. The van der Waals surface area contributed by atoms with Crippen LogP contribution in [0.25, 0.3) is 0 Å². The molecule has 0 amide bonds. The molecule has 2 nitrogen and oxygen atoms in total. The SMILES string of the molecule is CCC(N)Cc1ccc(Oc2cc(C)ccc2F)cc1C. The second-order valence-electron chi connectivity index (χ2n) is 5.50. The first kappa shape index (κ1) is 15.5. The van der Waals surface area contributed by atoms with E-state index in [2.05, 4.69) is 6.92 Å². The van der Waals surface area contributed by atoms with Crippen molar-refractivity contribution in [1.29, 1.82) is 0 Å². The van der Waals surface area contributed by atoms with E-state index in [1.165, 1.54) is 11.6 Å². The summed E-state index contributed by atoms with van der Waals surface area (Å²) in [5.41, 5.74) is 9.28. The van der Waals surface area contributed by atoms with Crippen molar-refractivity contribution >= 4 is 0 Å². The highest BCUT2D eigenvalue weighted by atomic mass is 19.1. The van der Waals surface area contributed by atoms with E-state index < -0.39 is 0 Å². The Kier molecular flexibility index (Phi) is 4.97. The summed E-state index contributed by atoms with van der Waals surface area (Å²) in [5, 5.41) is 0. The highest BCUT2D eigenvalue weighted by Gasteiger charge is 2.08. The van der Waals surface area contributed by atoms with Gasteiger partial charge in [-0.05, 0) is 67.6 Å². The second-order valence-corrected chi connectivity index (χ2v) is 5.50. The van der Waals surface area contributed by atoms with Crippen LogP contribution in [0.3, 0.4) is 0 Å². The van der Waals surface area contributed by atoms with Crippen molar-refractivity contribution in [2.75, 3.05) is 0 Å². The molecular weight excluding hydrogens is 265 g/mol. The summed E-state index contributed by atoms with van der Waals surface area (Å²) in [5.74, 6) is 0.550. The predicted molar refractivity (Wildman–Crippen MR) is 84.4 cm³/mol. The van der Waals surface area contributed by atoms with Gasteiger partial charge in [0.1, 0.15) is 5.75 Å². The third-order valence-electron chi connectivity index (χ3n) is 3.64. The van der Waals surface area contributed by atoms with Crippen LogP contribution in [0, 0.1) is 19.7 Å². The third-order valence-corrected chi connectivity index (χ3v) is 3.64. The molecule has 112 valence electrons. The third kappa shape index (κ3) is 4.05. The normalized spacial score (nSPS) is 12.2. The average molecular weight is 287 g/mol. The van der Waals surface area contributed by atoms with Crippen molar-refractivity contribution in [3.63, 3.8) is 0 Å². The second kappa shape index (κ2) is 6.72. The van der Waals surface area contributed by atoms with E-state index in [4.69, 9.17) is 10.5 Å². The van der Waals surface area contributed by atoms with Gasteiger partial charge in [0, 0.05) is 6.04 Å². The maximum absolute atomic E-state index is 13.7. The lowest BCUT2D eigenvalue weighted by Gasteiger charge is -2.13. The molecular formula is C18H22FNO. The number of hydrogen-bond acceptors (Lipinski definition) is 2. The van der Waals surface area contributed by atoms with Crippen LogP contribution >= 0.6 is 0 Å². The Morgan fingerprint density at radius 3 is 2.57 bits per heavy atom. The van der Waals surface area contributed by atoms with Gasteiger partial charge in [-0.15, -0.1) is 0 Å². The van der Waals surface area contributed by atoms with E-state index in [9.17, 15) is 4.39 Å². The Labute approximate surface area is 125 Å². The molecule has 0 aromatic heterocycles. The zero-order valence-electron chi connectivity index (χ0n) is 12.8. The number of halogens is 1. The molecule has 1 unspecified atom stereocenters. The number of ether oxygens (including phenoxy) is 1. The van der Waals surface area contributed by atoms with Crippen LogP contribution in [0.1, 0.15) is 30.0 Å². The Hall–Kier alpha value is -1.87. The van der Waals surface area contributed by atoms with Gasteiger partial charge in [0.15, 0.2) is 11.6 Å². The molecule has 21 heavy (non-hydrogen) atoms. The number of aryl methyl sites for hydroxylation is 2. The van der Waals surface area contributed by atoms with Crippen LogP contribution in [0.2, 0.25) is 0 Å². The highest BCUT2D eigenvalue weighted by Crippen LogP contribution is 2.27. The number of benzene rings is 2. The maximum Gasteiger partial charge on any atom is 0.165 e. The lowest BCUT2D eigenvalue weighted by atomic mass is 10.00. The fourth-order valence-corrected chi connectivity index (χ4v) is 2.20. The molecule has 0 aliphatic carbocycles. The molecule has 2 aromatic carbocycles. The lowest BCUT2D eigenvalue weighted by Crippen LogP contribution is -2.21. The highest BCUT2D eigenvalue weighted by molar-refractivity contribution is 5.39. The van der Waals surface area contributed by atoms with Crippen LogP contribution in [0.4, 0.5) is 4.39 Å². The van der Waals surface area contributed by atoms with Gasteiger partial charge in [-0.3, -0.25) is 0 Å². The fourth-order valence-electron chi connectivity index (χ4n) is 2.20. The number of nitrogens with two attached hydrogens (primary N) is 1. The average Bonchev–Trinajstić information content (AvgIpc) is 2.45. The molecule has 0 fully saturated rings. The summed E-state index contributed by atoms with van der Waals surface area (Å²) >= 11 is 0. The zero-order chi connectivity index (χ0) is 15.4. The summed E-state index contributed by atoms with van der Waals surface area (Å²) in [6.45, 7) is 6.02. The van der Waals surface area contributed by atoms with E-state index in [1.54, 1.807) is 12.1 Å². The van der Waals surface area contributed by atoms with Crippen LogP contribution in [0.5, 0.6) is 11.5 Å². The van der Waals surface area contributed by atoms with E-state index in [0.717, 1.165) is 24.0 Å². The van der Waals surface area contributed by atoms with Crippen LogP contribution in [-0.2, 0) is 6.42 Å². The molecule has 2 rings (SSSR count). The van der Waals surface area contributed by atoms with Crippen molar-refractivity contribution in [1.82, 2.24) is 0 Å². The van der Waals surface area contributed by atoms with Gasteiger partial charge in [-0.2, -0.15) is 0 Å². The molecule has 0 bridgehead atoms. The first-order valence-corrected chi connectivity index (χ1v) is 7.28. The molecule has 0 aliphatic rings. The van der Waals surface area contributed by atoms with Crippen molar-refractivity contribution in [3.8, 4) is 11.5 Å². The monoisotopic (exact) mass is 287 g/mol. The van der Waals surface area contributed by atoms with Gasteiger partial charge in [-0.25, -0.2) is 4.39 Å². The topological polar surface area (TPSA) is 35.2 Å². The van der Waals surface area contributed by atoms with Gasteiger partial charge < -0.3 is 10.5 Å². The Balaban J connectivity index is 2.18. The van der Waals surface area contributed by atoms with E-state index in [0.29, 0.717) is 5.75 Å². The minimum absolute atomic E-state index is 0.171. The molecule has 2 aromatic rings. The van der Waals surface area contributed by atoms with E-state index >= 15 is 0 Å². The maximum atomic E-state index is 13.7. The van der Waals surface area contributed by atoms with Gasteiger partial charge in [0.05, 0.1) is 0 Å². The lowest BCUT2D eigenvalue weighted by molar-refractivity contribution is 0.441. The molecule has 0 radical (unpaired) electrons. The van der Waals surface area contributed by atoms with Crippen LogP contribution in [0.15, 0.2) is 36.4 Å². The molecule has 0 aliphatic heterocycles. The number of hydrogen-bond donors (Lipinski definition) is 1. The van der Waals surface area contributed by atoms with Crippen molar-refractivity contribution in [2.24, 2.45) is 5.73 Å². The van der Waals surface area contributed by atoms with Crippen molar-refractivity contribution < 1.29 is 9.13 Å². The fraction of sp³-hybridized carbons (Fsp3) is 0.333. The quantitative estimate of drug-likeness (QED) is 0.877. The van der Waals surface area contributed by atoms with Gasteiger partial charge in [-0.1, -0.05) is 19.1 Å². The van der Waals surface area contributed by atoms with Crippen molar-refractivity contribution in [2.45, 2.75) is 39.7 Å². The Morgan fingerprint density at radius 1 is 1.14 bits per heavy atom.